The number of carbonyl (C=O) groups excluding carboxylic acids is 1. The van der Waals surface area contributed by atoms with Crippen molar-refractivity contribution in [3.05, 3.63) is 0 Å². The summed E-state index contributed by atoms with van der Waals surface area (Å²) in [4.78, 5) is 10.5. The number of rotatable bonds is 3. The summed E-state index contributed by atoms with van der Waals surface area (Å²) in [6.45, 7) is 0. The molecule has 3 N–H and O–H groups in total. The molecule has 1 unspecified atom stereocenters. The Hall–Kier alpha value is -0.460. The van der Waals surface area contributed by atoms with Crippen LogP contribution in [0.4, 0.5) is 0 Å². The van der Waals surface area contributed by atoms with Crippen molar-refractivity contribution in [2.75, 3.05) is 12.9 Å². The van der Waals surface area contributed by atoms with Crippen LogP contribution in [0, 0.1) is 0 Å². The van der Waals surface area contributed by atoms with Crippen molar-refractivity contribution in [3.8, 4) is 0 Å². The van der Waals surface area contributed by atoms with Gasteiger partial charge in [-0.15, -0.1) is 0 Å². The highest BCUT2D eigenvalue weighted by atomic mass is 32.2. The quantitative estimate of drug-likeness (QED) is 0.403. The van der Waals surface area contributed by atoms with E-state index in [1.54, 1.807) is 0 Å². The number of ether oxygens (including phenoxy) is 1. The SMILES string of the molecule is COC(=O)[C@@H](N)CS(=O)O. The molecule has 2 atom stereocenters. The van der Waals surface area contributed by atoms with Crippen molar-refractivity contribution < 1.29 is 18.3 Å². The maximum absolute atomic E-state index is 10.5. The van der Waals surface area contributed by atoms with Crippen molar-refractivity contribution in [1.29, 1.82) is 0 Å². The summed E-state index contributed by atoms with van der Waals surface area (Å²) in [6, 6.07) is -1.00. The molecule has 0 aliphatic rings. The van der Waals surface area contributed by atoms with Gasteiger partial charge >= 0.3 is 5.97 Å². The molecule has 60 valence electrons. The van der Waals surface area contributed by atoms with Crippen LogP contribution in [0.15, 0.2) is 0 Å². The topological polar surface area (TPSA) is 89.6 Å². The fraction of sp³-hybridized carbons (Fsp3) is 0.750. The van der Waals surface area contributed by atoms with Crippen LogP contribution in [0.2, 0.25) is 0 Å². The lowest BCUT2D eigenvalue weighted by molar-refractivity contribution is -0.141. The molecule has 0 saturated heterocycles. The maximum Gasteiger partial charge on any atom is 0.323 e. The molecule has 0 heterocycles. The smallest absolute Gasteiger partial charge is 0.323 e. The van der Waals surface area contributed by atoms with Crippen molar-refractivity contribution in [3.63, 3.8) is 0 Å². The predicted molar refractivity (Wildman–Crippen MR) is 35.6 cm³/mol. The average Bonchev–Trinajstić information content (AvgIpc) is 1.85. The van der Waals surface area contributed by atoms with Crippen LogP contribution in [0.5, 0.6) is 0 Å². The zero-order chi connectivity index (χ0) is 8.15. The Balaban J connectivity index is 3.72. The van der Waals surface area contributed by atoms with Gasteiger partial charge in [0.2, 0.25) is 0 Å². The summed E-state index contributed by atoms with van der Waals surface area (Å²) in [5, 5.41) is 0. The van der Waals surface area contributed by atoms with E-state index < -0.39 is 23.1 Å². The summed E-state index contributed by atoms with van der Waals surface area (Å²) in [6.07, 6.45) is 0. The molecule has 0 bridgehead atoms. The second kappa shape index (κ2) is 4.37. The number of nitrogens with two attached hydrogens (primary N) is 1. The maximum atomic E-state index is 10.5. The average molecular weight is 167 g/mol. The number of hydrogen-bond donors (Lipinski definition) is 2. The molecule has 0 aromatic heterocycles. The molecule has 0 aliphatic heterocycles. The molecule has 0 aromatic carbocycles. The molecule has 0 radical (unpaired) electrons. The van der Waals surface area contributed by atoms with E-state index in [0.717, 1.165) is 0 Å². The van der Waals surface area contributed by atoms with Crippen molar-refractivity contribution >= 4 is 17.0 Å². The summed E-state index contributed by atoms with van der Waals surface area (Å²) in [5.74, 6) is -0.963. The van der Waals surface area contributed by atoms with Gasteiger partial charge in [-0.2, -0.15) is 0 Å². The number of hydrogen-bond acceptors (Lipinski definition) is 4. The fourth-order valence-electron chi connectivity index (χ4n) is 0.373. The van der Waals surface area contributed by atoms with Gasteiger partial charge in [0.25, 0.3) is 0 Å². The van der Waals surface area contributed by atoms with Gasteiger partial charge in [-0.25, -0.2) is 4.21 Å². The highest BCUT2D eigenvalue weighted by molar-refractivity contribution is 7.79. The molecule has 0 amide bonds. The Labute approximate surface area is 60.8 Å². The van der Waals surface area contributed by atoms with Crippen LogP contribution in [0.25, 0.3) is 0 Å². The Morgan fingerprint density at radius 1 is 1.90 bits per heavy atom. The van der Waals surface area contributed by atoms with Crippen LogP contribution in [0.1, 0.15) is 0 Å². The molecule has 6 heteroatoms. The first-order valence-electron chi connectivity index (χ1n) is 2.48. The van der Waals surface area contributed by atoms with Crippen LogP contribution >= 0.6 is 0 Å². The van der Waals surface area contributed by atoms with Crippen molar-refractivity contribution in [1.82, 2.24) is 0 Å². The van der Waals surface area contributed by atoms with Gasteiger partial charge in [0, 0.05) is 0 Å². The van der Waals surface area contributed by atoms with Gasteiger partial charge in [0.15, 0.2) is 11.1 Å². The zero-order valence-electron chi connectivity index (χ0n) is 5.44. The van der Waals surface area contributed by atoms with Gasteiger partial charge in [-0.3, -0.25) is 4.79 Å². The molecule has 0 spiro atoms. The monoisotopic (exact) mass is 167 g/mol. The number of carbonyl (C=O) groups is 1. The van der Waals surface area contributed by atoms with Gasteiger partial charge in [-0.05, 0) is 0 Å². The number of esters is 1. The molecule has 5 nitrogen and oxygen atoms in total. The van der Waals surface area contributed by atoms with Gasteiger partial charge in [-0.1, -0.05) is 0 Å². The fourth-order valence-corrected chi connectivity index (χ4v) is 0.816. The predicted octanol–water partition coefficient (Wildman–Crippen LogP) is -1.29. The third-order valence-electron chi connectivity index (χ3n) is 0.826. The molecular weight excluding hydrogens is 158 g/mol. The summed E-state index contributed by atoms with van der Waals surface area (Å²) in [7, 11) is 1.17. The van der Waals surface area contributed by atoms with E-state index in [9.17, 15) is 9.00 Å². The van der Waals surface area contributed by atoms with Crippen LogP contribution < -0.4 is 5.73 Å². The van der Waals surface area contributed by atoms with Crippen molar-refractivity contribution in [2.24, 2.45) is 5.73 Å². The lowest BCUT2D eigenvalue weighted by atomic mass is 10.4. The van der Waals surface area contributed by atoms with Gasteiger partial charge in [0.05, 0.1) is 12.9 Å². The minimum absolute atomic E-state index is 0.285. The molecule has 10 heavy (non-hydrogen) atoms. The first-order chi connectivity index (χ1) is 4.57. The molecule has 0 aliphatic carbocycles. The molecule has 0 fully saturated rings. The third kappa shape index (κ3) is 3.54. The van der Waals surface area contributed by atoms with E-state index in [-0.39, 0.29) is 5.75 Å². The highest BCUT2D eigenvalue weighted by Gasteiger charge is 2.15. The molecule has 0 aromatic rings. The van der Waals surface area contributed by atoms with E-state index >= 15 is 0 Å². The minimum atomic E-state index is -2.04. The lowest BCUT2D eigenvalue weighted by Crippen LogP contribution is -2.36. The standard InChI is InChI=1S/C4H9NO4S/c1-9-4(6)3(5)2-10(7)8/h3H,2,5H2,1H3,(H,7,8)/t3-/m0/s1. The molecular formula is C4H9NO4S. The first kappa shape index (κ1) is 9.54. The zero-order valence-corrected chi connectivity index (χ0v) is 6.26. The molecule has 0 rings (SSSR count). The second-order valence-electron chi connectivity index (χ2n) is 1.62. The Morgan fingerprint density at radius 2 is 2.40 bits per heavy atom. The summed E-state index contributed by atoms with van der Waals surface area (Å²) >= 11 is -2.04. The van der Waals surface area contributed by atoms with E-state index in [1.165, 1.54) is 7.11 Å². The van der Waals surface area contributed by atoms with E-state index in [0.29, 0.717) is 0 Å². The van der Waals surface area contributed by atoms with Gasteiger partial charge in [0.1, 0.15) is 6.04 Å². The normalized spacial score (nSPS) is 15.9. The van der Waals surface area contributed by atoms with Gasteiger partial charge < -0.3 is 15.0 Å². The summed E-state index contributed by atoms with van der Waals surface area (Å²) in [5.41, 5.74) is 5.10. The summed E-state index contributed by atoms with van der Waals surface area (Å²) < 4.78 is 22.5. The Bertz CT molecular complexity index is 148. The van der Waals surface area contributed by atoms with Crippen LogP contribution in [-0.4, -0.2) is 33.6 Å². The Kier molecular flexibility index (Phi) is 4.17. The van der Waals surface area contributed by atoms with E-state index in [2.05, 4.69) is 4.74 Å². The minimum Gasteiger partial charge on any atom is -0.468 e. The van der Waals surface area contributed by atoms with E-state index in [1.807, 2.05) is 0 Å². The van der Waals surface area contributed by atoms with Crippen LogP contribution in [0.3, 0.4) is 0 Å². The van der Waals surface area contributed by atoms with Crippen molar-refractivity contribution in [2.45, 2.75) is 6.04 Å². The lowest BCUT2D eigenvalue weighted by Gasteiger charge is -2.04. The number of methoxy groups -OCH3 is 1. The Morgan fingerprint density at radius 3 is 2.70 bits per heavy atom. The first-order valence-corrected chi connectivity index (χ1v) is 3.76. The van der Waals surface area contributed by atoms with Crippen LogP contribution in [-0.2, 0) is 20.6 Å². The second-order valence-corrected chi connectivity index (χ2v) is 2.59. The molecule has 0 saturated carbocycles. The largest absolute Gasteiger partial charge is 0.468 e. The third-order valence-corrected chi connectivity index (χ3v) is 1.47. The van der Waals surface area contributed by atoms with E-state index in [4.69, 9.17) is 10.3 Å². The highest BCUT2D eigenvalue weighted by Crippen LogP contribution is 1.85.